The van der Waals surface area contributed by atoms with E-state index in [1.54, 1.807) is 0 Å². The molecular weight excluding hydrogens is 248 g/mol. The molecule has 1 aliphatic carbocycles. The van der Waals surface area contributed by atoms with Gasteiger partial charge < -0.3 is 10.2 Å². The Morgan fingerprint density at radius 2 is 1.89 bits per heavy atom. The first-order valence-electron chi connectivity index (χ1n) is 7.21. The lowest BCUT2D eigenvalue weighted by Gasteiger charge is -2.19. The Morgan fingerprint density at radius 1 is 1.22 bits per heavy atom. The lowest BCUT2D eigenvalue weighted by Crippen LogP contribution is -2.32. The van der Waals surface area contributed by atoms with Crippen LogP contribution in [0.25, 0.3) is 0 Å². The van der Waals surface area contributed by atoms with E-state index in [1.165, 1.54) is 19.3 Å². The zero-order valence-corrected chi connectivity index (χ0v) is 12.0. The Hall–Kier alpha value is -0.280. The van der Waals surface area contributed by atoms with Crippen LogP contribution in [-0.2, 0) is 4.79 Å². The van der Waals surface area contributed by atoms with E-state index in [9.17, 15) is 4.79 Å². The van der Waals surface area contributed by atoms with Gasteiger partial charge in [-0.15, -0.1) is 12.4 Å². The largest absolute Gasteiger partial charge is 0.342 e. The van der Waals surface area contributed by atoms with Crippen LogP contribution in [0.5, 0.6) is 0 Å². The van der Waals surface area contributed by atoms with E-state index in [2.05, 4.69) is 17.1 Å². The molecule has 0 bridgehead atoms. The monoisotopic (exact) mass is 272 g/mol. The number of halogens is 1. The fourth-order valence-electron chi connectivity index (χ4n) is 3.95. The van der Waals surface area contributed by atoms with Gasteiger partial charge in [0.2, 0.25) is 5.91 Å². The molecule has 3 nitrogen and oxygen atoms in total. The van der Waals surface area contributed by atoms with Crippen molar-refractivity contribution in [3.8, 4) is 0 Å². The van der Waals surface area contributed by atoms with E-state index in [1.807, 2.05) is 0 Å². The molecule has 0 aromatic carbocycles. The minimum absolute atomic E-state index is 0. The third-order valence-electron chi connectivity index (χ3n) is 5.01. The number of carbonyl (C=O) groups excluding carboxylic acids is 1. The molecule has 2 aliphatic heterocycles. The first-order valence-corrected chi connectivity index (χ1v) is 7.21. The number of hydrogen-bond acceptors (Lipinski definition) is 2. The molecule has 2 saturated heterocycles. The summed E-state index contributed by atoms with van der Waals surface area (Å²) in [5.41, 5.74) is 0. The molecule has 18 heavy (non-hydrogen) atoms. The minimum atomic E-state index is 0. The van der Waals surface area contributed by atoms with Crippen LogP contribution in [0.15, 0.2) is 0 Å². The Labute approximate surface area is 116 Å². The smallest absolute Gasteiger partial charge is 0.222 e. The van der Waals surface area contributed by atoms with Gasteiger partial charge in [-0.3, -0.25) is 4.79 Å². The molecule has 4 atom stereocenters. The Morgan fingerprint density at radius 3 is 2.44 bits per heavy atom. The number of nitrogens with one attached hydrogen (secondary N) is 1. The van der Waals surface area contributed by atoms with Crippen LogP contribution in [-0.4, -0.2) is 37.0 Å². The number of carbonyl (C=O) groups is 1. The van der Waals surface area contributed by atoms with Crippen LogP contribution < -0.4 is 5.32 Å². The Balaban J connectivity index is 0.00000120. The molecule has 0 radical (unpaired) electrons. The van der Waals surface area contributed by atoms with E-state index in [4.69, 9.17) is 0 Å². The van der Waals surface area contributed by atoms with Gasteiger partial charge in [0.25, 0.3) is 0 Å². The fourth-order valence-corrected chi connectivity index (χ4v) is 3.95. The van der Waals surface area contributed by atoms with Gasteiger partial charge in [0.1, 0.15) is 0 Å². The van der Waals surface area contributed by atoms with Gasteiger partial charge in [-0.25, -0.2) is 0 Å². The third-order valence-corrected chi connectivity index (χ3v) is 5.01. The number of rotatable bonds is 2. The van der Waals surface area contributed by atoms with Crippen LogP contribution in [0.2, 0.25) is 0 Å². The first-order chi connectivity index (χ1) is 8.22. The van der Waals surface area contributed by atoms with Crippen LogP contribution in [0, 0.1) is 23.7 Å². The molecule has 2 heterocycles. The van der Waals surface area contributed by atoms with Gasteiger partial charge in [-0.1, -0.05) is 13.3 Å². The minimum Gasteiger partial charge on any atom is -0.342 e. The summed E-state index contributed by atoms with van der Waals surface area (Å²) in [4.78, 5) is 14.4. The number of fused-ring (bicyclic) bond motifs is 1. The highest BCUT2D eigenvalue weighted by molar-refractivity contribution is 5.85. The summed E-state index contributed by atoms with van der Waals surface area (Å²) in [7, 11) is 0. The van der Waals surface area contributed by atoms with E-state index >= 15 is 0 Å². The normalized spacial score (nSPS) is 38.6. The molecule has 3 aliphatic rings. The summed E-state index contributed by atoms with van der Waals surface area (Å²) in [6.07, 6.45) is 4.69. The van der Waals surface area contributed by atoms with Crippen molar-refractivity contribution < 1.29 is 4.79 Å². The maximum atomic E-state index is 12.2. The van der Waals surface area contributed by atoms with Crippen LogP contribution >= 0.6 is 12.4 Å². The fraction of sp³-hybridized carbons (Fsp3) is 0.929. The molecule has 1 N–H and O–H groups in total. The molecular formula is C14H25ClN2O. The average Bonchev–Trinajstić information content (AvgIpc) is 2.92. The second kappa shape index (κ2) is 5.79. The summed E-state index contributed by atoms with van der Waals surface area (Å²) in [6.45, 7) is 6.58. The second-order valence-electron chi connectivity index (χ2n) is 6.47. The van der Waals surface area contributed by atoms with Gasteiger partial charge >= 0.3 is 0 Å². The second-order valence-corrected chi connectivity index (χ2v) is 6.47. The molecule has 1 saturated carbocycles. The molecule has 0 spiro atoms. The van der Waals surface area contributed by atoms with Crippen molar-refractivity contribution in [2.24, 2.45) is 23.7 Å². The van der Waals surface area contributed by atoms with Crippen molar-refractivity contribution in [3.63, 3.8) is 0 Å². The van der Waals surface area contributed by atoms with Gasteiger partial charge in [0.05, 0.1) is 0 Å². The molecule has 3 rings (SSSR count). The maximum absolute atomic E-state index is 12.2. The summed E-state index contributed by atoms with van der Waals surface area (Å²) in [5.74, 6) is 3.42. The van der Waals surface area contributed by atoms with E-state index in [-0.39, 0.29) is 12.4 Å². The SMILES string of the molecule is CC1CCC(CC(=O)N2C[C@H]3CNC[C@H]3C2)C1.Cl. The van der Waals surface area contributed by atoms with Crippen molar-refractivity contribution >= 4 is 18.3 Å². The topological polar surface area (TPSA) is 32.3 Å². The molecule has 0 aromatic rings. The molecule has 2 unspecified atom stereocenters. The van der Waals surface area contributed by atoms with Crippen molar-refractivity contribution in [1.29, 1.82) is 0 Å². The maximum Gasteiger partial charge on any atom is 0.222 e. The zero-order chi connectivity index (χ0) is 11.8. The van der Waals surface area contributed by atoms with Gasteiger partial charge in [-0.05, 0) is 36.5 Å². The van der Waals surface area contributed by atoms with Crippen molar-refractivity contribution in [2.75, 3.05) is 26.2 Å². The molecule has 104 valence electrons. The summed E-state index contributed by atoms with van der Waals surface area (Å²) in [5, 5.41) is 3.42. The summed E-state index contributed by atoms with van der Waals surface area (Å²) < 4.78 is 0. The zero-order valence-electron chi connectivity index (χ0n) is 11.2. The summed E-state index contributed by atoms with van der Waals surface area (Å²) in [6, 6.07) is 0. The number of likely N-dealkylation sites (tertiary alicyclic amines) is 1. The molecule has 0 aromatic heterocycles. The predicted octanol–water partition coefficient (Wildman–Crippen LogP) is 1.91. The number of hydrogen-bond donors (Lipinski definition) is 1. The van der Waals surface area contributed by atoms with Crippen molar-refractivity contribution in [3.05, 3.63) is 0 Å². The number of amides is 1. The van der Waals surface area contributed by atoms with Crippen LogP contribution in [0.4, 0.5) is 0 Å². The van der Waals surface area contributed by atoms with E-state index < -0.39 is 0 Å². The average molecular weight is 273 g/mol. The van der Waals surface area contributed by atoms with Crippen molar-refractivity contribution in [2.45, 2.75) is 32.6 Å². The van der Waals surface area contributed by atoms with Crippen LogP contribution in [0.3, 0.4) is 0 Å². The van der Waals surface area contributed by atoms with Gasteiger partial charge in [0.15, 0.2) is 0 Å². The van der Waals surface area contributed by atoms with Crippen LogP contribution in [0.1, 0.15) is 32.6 Å². The number of nitrogens with zero attached hydrogens (tertiary/aromatic N) is 1. The highest BCUT2D eigenvalue weighted by Crippen LogP contribution is 2.34. The quantitative estimate of drug-likeness (QED) is 0.833. The van der Waals surface area contributed by atoms with Crippen molar-refractivity contribution in [1.82, 2.24) is 10.2 Å². The standard InChI is InChI=1S/C14H24N2O.ClH/c1-10-2-3-11(4-10)5-14(17)16-8-12-6-15-7-13(12)9-16;/h10-13,15H,2-9H2,1H3;1H/t10?,11?,12-,13+;. The Kier molecular flexibility index (Phi) is 4.54. The first kappa shape index (κ1) is 14.1. The highest BCUT2D eigenvalue weighted by Gasteiger charge is 2.38. The molecule has 1 amide bonds. The Bertz CT molecular complexity index is 298. The third kappa shape index (κ3) is 2.83. The van der Waals surface area contributed by atoms with E-state index in [0.29, 0.717) is 11.8 Å². The molecule has 3 fully saturated rings. The van der Waals surface area contributed by atoms with E-state index in [0.717, 1.165) is 50.4 Å². The predicted molar refractivity (Wildman–Crippen MR) is 74.8 cm³/mol. The molecule has 4 heteroatoms. The summed E-state index contributed by atoms with van der Waals surface area (Å²) >= 11 is 0. The van der Waals surface area contributed by atoms with Gasteiger partial charge in [-0.2, -0.15) is 0 Å². The lowest BCUT2D eigenvalue weighted by molar-refractivity contribution is -0.131. The lowest BCUT2D eigenvalue weighted by atomic mass is 10.0. The van der Waals surface area contributed by atoms with Gasteiger partial charge in [0, 0.05) is 32.6 Å². The highest BCUT2D eigenvalue weighted by atomic mass is 35.5.